The van der Waals surface area contributed by atoms with Crippen LogP contribution in [-0.4, -0.2) is 36.7 Å². The molecule has 6 nitrogen and oxygen atoms in total. The van der Waals surface area contributed by atoms with Crippen molar-refractivity contribution in [2.75, 3.05) is 18.4 Å². The monoisotopic (exact) mass is 493 g/mol. The molecule has 3 aromatic rings. The van der Waals surface area contributed by atoms with Gasteiger partial charge in [0.25, 0.3) is 0 Å². The van der Waals surface area contributed by atoms with E-state index in [0.717, 1.165) is 27.6 Å². The van der Waals surface area contributed by atoms with Gasteiger partial charge in [0.1, 0.15) is 0 Å². The first kappa shape index (κ1) is 24.2. The molecule has 1 aromatic heterocycles. The zero-order valence-corrected chi connectivity index (χ0v) is 20.3. The molecule has 0 unspecified atom stereocenters. The summed E-state index contributed by atoms with van der Waals surface area (Å²) in [6.07, 6.45) is 4.38. The van der Waals surface area contributed by atoms with E-state index in [1.807, 2.05) is 72.8 Å². The minimum atomic E-state index is -3.51. The Balaban J connectivity index is 1.28. The first-order valence-electron chi connectivity index (χ1n) is 11.2. The van der Waals surface area contributed by atoms with Crippen LogP contribution in [0.25, 0.3) is 6.08 Å². The average molecular weight is 494 g/mol. The van der Waals surface area contributed by atoms with Crippen molar-refractivity contribution < 1.29 is 13.2 Å². The zero-order chi connectivity index (χ0) is 23.8. The lowest BCUT2D eigenvalue weighted by atomic mass is 9.97. The SMILES string of the molecule is O=C(Nc1cccc(CSc2ccccn2)c1)C1CCN(S(=O)(=O)C=Cc2ccccc2)CC1. The minimum Gasteiger partial charge on any atom is -0.326 e. The number of benzene rings is 2. The van der Waals surface area contributed by atoms with Crippen molar-refractivity contribution in [3.8, 4) is 0 Å². The molecule has 0 bridgehead atoms. The Labute approximate surface area is 205 Å². The van der Waals surface area contributed by atoms with E-state index >= 15 is 0 Å². The summed E-state index contributed by atoms with van der Waals surface area (Å²) < 4.78 is 26.8. The van der Waals surface area contributed by atoms with Gasteiger partial charge in [-0.2, -0.15) is 4.31 Å². The Morgan fingerprint density at radius 3 is 2.53 bits per heavy atom. The van der Waals surface area contributed by atoms with E-state index < -0.39 is 10.0 Å². The predicted molar refractivity (Wildman–Crippen MR) is 138 cm³/mol. The van der Waals surface area contributed by atoms with Gasteiger partial charge in [-0.25, -0.2) is 13.4 Å². The van der Waals surface area contributed by atoms with Crippen LogP contribution in [0.5, 0.6) is 0 Å². The number of nitrogens with one attached hydrogen (secondary N) is 1. The molecule has 8 heteroatoms. The lowest BCUT2D eigenvalue weighted by molar-refractivity contribution is -0.120. The maximum atomic E-state index is 12.8. The van der Waals surface area contributed by atoms with E-state index in [4.69, 9.17) is 0 Å². The van der Waals surface area contributed by atoms with Gasteiger partial charge in [-0.3, -0.25) is 4.79 Å². The van der Waals surface area contributed by atoms with Gasteiger partial charge in [0.2, 0.25) is 15.9 Å². The molecule has 1 N–H and O–H groups in total. The van der Waals surface area contributed by atoms with Crippen molar-refractivity contribution >= 4 is 39.5 Å². The summed E-state index contributed by atoms with van der Waals surface area (Å²) in [6.45, 7) is 0.667. The molecule has 1 fully saturated rings. The molecule has 4 rings (SSSR count). The normalized spacial score (nSPS) is 15.4. The van der Waals surface area contributed by atoms with Crippen molar-refractivity contribution in [3.05, 3.63) is 95.5 Å². The molecule has 0 saturated carbocycles. The third-order valence-electron chi connectivity index (χ3n) is 5.64. The molecule has 1 aliphatic heterocycles. The van der Waals surface area contributed by atoms with Gasteiger partial charge >= 0.3 is 0 Å². The van der Waals surface area contributed by atoms with E-state index in [1.54, 1.807) is 24.0 Å². The Hall–Kier alpha value is -2.94. The summed E-state index contributed by atoms with van der Waals surface area (Å²) in [7, 11) is -3.51. The number of anilines is 1. The maximum absolute atomic E-state index is 12.8. The number of carbonyl (C=O) groups is 1. The Bertz CT molecular complexity index is 1220. The molecule has 0 atom stereocenters. The number of hydrogen-bond donors (Lipinski definition) is 1. The summed E-state index contributed by atoms with van der Waals surface area (Å²) in [5, 5.41) is 5.21. The lowest BCUT2D eigenvalue weighted by Crippen LogP contribution is -2.40. The fourth-order valence-electron chi connectivity index (χ4n) is 3.76. The molecule has 1 saturated heterocycles. The zero-order valence-electron chi connectivity index (χ0n) is 18.7. The third kappa shape index (κ3) is 6.79. The van der Waals surface area contributed by atoms with Crippen LogP contribution in [0.15, 0.2) is 89.4 Å². The molecule has 1 aliphatic rings. The Kier molecular flexibility index (Phi) is 8.16. The summed E-state index contributed by atoms with van der Waals surface area (Å²) in [5.74, 6) is 0.482. The van der Waals surface area contributed by atoms with Gasteiger partial charge in [0.05, 0.1) is 5.03 Å². The average Bonchev–Trinajstić information content (AvgIpc) is 2.88. The smallest absolute Gasteiger partial charge is 0.236 e. The number of pyridine rings is 1. The van der Waals surface area contributed by atoms with Crippen LogP contribution in [0.4, 0.5) is 5.69 Å². The van der Waals surface area contributed by atoms with Crippen molar-refractivity contribution in [1.82, 2.24) is 9.29 Å². The predicted octanol–water partition coefficient (Wildman–Crippen LogP) is 5.03. The van der Waals surface area contributed by atoms with Crippen LogP contribution in [0.2, 0.25) is 0 Å². The highest BCUT2D eigenvalue weighted by Gasteiger charge is 2.30. The topological polar surface area (TPSA) is 79.4 Å². The van der Waals surface area contributed by atoms with E-state index in [-0.39, 0.29) is 11.8 Å². The number of rotatable bonds is 8. The number of thioether (sulfide) groups is 1. The fourth-order valence-corrected chi connectivity index (χ4v) is 5.79. The standard InChI is InChI=1S/C26H27N3O3S2/c30-26(28-24-10-6-9-22(19-24)20-33-25-11-4-5-15-27-25)23-12-16-29(17-13-23)34(31,32)18-14-21-7-2-1-3-8-21/h1-11,14-15,18-19,23H,12-13,16-17,20H2,(H,28,30). The van der Waals surface area contributed by atoms with E-state index in [2.05, 4.69) is 10.3 Å². The van der Waals surface area contributed by atoms with Crippen molar-refractivity contribution in [2.24, 2.45) is 5.92 Å². The van der Waals surface area contributed by atoms with Crippen LogP contribution in [0.3, 0.4) is 0 Å². The van der Waals surface area contributed by atoms with Crippen LogP contribution in [-0.2, 0) is 20.6 Å². The maximum Gasteiger partial charge on any atom is 0.236 e. The quantitative estimate of drug-likeness (QED) is 0.446. The van der Waals surface area contributed by atoms with Gasteiger partial charge in [-0.1, -0.05) is 48.5 Å². The molecule has 176 valence electrons. The molecule has 0 aliphatic carbocycles. The molecule has 0 spiro atoms. The number of piperidine rings is 1. The van der Waals surface area contributed by atoms with E-state index in [0.29, 0.717) is 25.9 Å². The van der Waals surface area contributed by atoms with Crippen molar-refractivity contribution in [3.63, 3.8) is 0 Å². The molecule has 0 radical (unpaired) electrons. The van der Waals surface area contributed by atoms with Gasteiger partial charge in [0, 0.05) is 42.1 Å². The first-order chi connectivity index (χ1) is 16.5. The minimum absolute atomic E-state index is 0.0635. The lowest BCUT2D eigenvalue weighted by Gasteiger charge is -2.29. The van der Waals surface area contributed by atoms with Crippen LogP contribution >= 0.6 is 11.8 Å². The summed E-state index contributed by atoms with van der Waals surface area (Å²) >= 11 is 1.64. The number of hydrogen-bond acceptors (Lipinski definition) is 5. The number of sulfonamides is 1. The Morgan fingerprint density at radius 1 is 1.03 bits per heavy atom. The second kappa shape index (κ2) is 11.5. The highest BCUT2D eigenvalue weighted by atomic mass is 32.2. The number of amides is 1. The highest BCUT2D eigenvalue weighted by Crippen LogP contribution is 2.25. The second-order valence-corrected chi connectivity index (χ2v) is 10.9. The molecular weight excluding hydrogens is 466 g/mol. The molecule has 2 aromatic carbocycles. The van der Waals surface area contributed by atoms with E-state index in [1.165, 1.54) is 9.71 Å². The van der Waals surface area contributed by atoms with Crippen LogP contribution < -0.4 is 5.32 Å². The molecule has 1 amide bonds. The second-order valence-electron chi connectivity index (χ2n) is 8.08. The molecule has 2 heterocycles. The molecule has 34 heavy (non-hydrogen) atoms. The van der Waals surface area contributed by atoms with Gasteiger partial charge in [-0.05, 0) is 54.3 Å². The van der Waals surface area contributed by atoms with Gasteiger partial charge in [-0.15, -0.1) is 11.8 Å². The van der Waals surface area contributed by atoms with E-state index in [9.17, 15) is 13.2 Å². The number of aromatic nitrogens is 1. The van der Waals surface area contributed by atoms with Gasteiger partial charge < -0.3 is 5.32 Å². The first-order valence-corrected chi connectivity index (χ1v) is 13.7. The van der Waals surface area contributed by atoms with Crippen LogP contribution in [0.1, 0.15) is 24.0 Å². The highest BCUT2D eigenvalue weighted by molar-refractivity contribution is 7.98. The number of carbonyl (C=O) groups excluding carboxylic acids is 1. The van der Waals surface area contributed by atoms with Gasteiger partial charge in [0.15, 0.2) is 0 Å². The summed E-state index contributed by atoms with van der Waals surface area (Å²) in [4.78, 5) is 17.1. The van der Waals surface area contributed by atoms with Crippen LogP contribution in [0, 0.1) is 5.92 Å². The van der Waals surface area contributed by atoms with Crippen molar-refractivity contribution in [1.29, 1.82) is 0 Å². The molecular formula is C26H27N3O3S2. The third-order valence-corrected chi connectivity index (χ3v) is 8.22. The Morgan fingerprint density at radius 2 is 1.79 bits per heavy atom. The fraction of sp³-hybridized carbons (Fsp3) is 0.231. The number of nitrogens with zero attached hydrogens (tertiary/aromatic N) is 2. The van der Waals surface area contributed by atoms with Crippen molar-refractivity contribution in [2.45, 2.75) is 23.6 Å². The summed E-state index contributed by atoms with van der Waals surface area (Å²) in [6, 6.07) is 23.0. The summed E-state index contributed by atoms with van der Waals surface area (Å²) in [5.41, 5.74) is 2.69. The largest absolute Gasteiger partial charge is 0.326 e.